The first-order valence-corrected chi connectivity index (χ1v) is 7.11. The molecule has 0 saturated heterocycles. The van der Waals surface area contributed by atoms with Gasteiger partial charge in [0, 0.05) is 0 Å². The molecular weight excluding hydrogens is 288 g/mol. The molecule has 6 heteroatoms. The van der Waals surface area contributed by atoms with Gasteiger partial charge >= 0.3 is 0 Å². The number of hydrogen-bond donors (Lipinski definition) is 6. The third kappa shape index (κ3) is 4.79. The largest absolute Gasteiger partial charge is 0.509 e. The van der Waals surface area contributed by atoms with Crippen molar-refractivity contribution in [2.24, 2.45) is 0 Å². The second-order valence-corrected chi connectivity index (χ2v) is 5.57. The highest BCUT2D eigenvalue weighted by Gasteiger charge is 2.32. The second kappa shape index (κ2) is 8.26. The molecule has 0 aliphatic carbocycles. The van der Waals surface area contributed by atoms with E-state index in [4.69, 9.17) is 5.11 Å². The molecular formula is C16H24O6. The summed E-state index contributed by atoms with van der Waals surface area (Å²) in [6.07, 6.45) is -5.73. The van der Waals surface area contributed by atoms with E-state index in [1.165, 1.54) is 6.08 Å². The molecule has 0 bridgehead atoms. The Morgan fingerprint density at radius 2 is 1.55 bits per heavy atom. The highest BCUT2D eigenvalue weighted by Crippen LogP contribution is 2.18. The maximum absolute atomic E-state index is 9.82. The summed E-state index contributed by atoms with van der Waals surface area (Å²) in [5.74, 6) is -0.178. The van der Waals surface area contributed by atoms with E-state index in [2.05, 4.69) is 13.8 Å². The summed E-state index contributed by atoms with van der Waals surface area (Å²) in [7, 11) is 0. The van der Waals surface area contributed by atoms with Gasteiger partial charge in [0.05, 0.1) is 6.61 Å². The zero-order chi connectivity index (χ0) is 16.9. The molecule has 1 rings (SSSR count). The molecule has 0 heterocycles. The third-order valence-electron chi connectivity index (χ3n) is 3.48. The number of rotatable bonds is 7. The molecule has 6 nitrogen and oxygen atoms in total. The Bertz CT molecular complexity index is 482. The van der Waals surface area contributed by atoms with Gasteiger partial charge in [0.1, 0.15) is 30.2 Å². The summed E-state index contributed by atoms with van der Waals surface area (Å²) in [6.45, 7) is 3.33. The first kappa shape index (κ1) is 18.6. The molecule has 6 N–H and O–H groups in total. The van der Waals surface area contributed by atoms with Gasteiger partial charge in [0.15, 0.2) is 0 Å². The predicted molar refractivity (Wildman–Crippen MR) is 82.2 cm³/mol. The molecule has 0 aliphatic heterocycles. The molecule has 0 amide bonds. The lowest BCUT2D eigenvalue weighted by molar-refractivity contribution is -0.112. The number of aliphatic hydroxyl groups is 6. The molecule has 0 unspecified atom stereocenters. The zero-order valence-electron chi connectivity index (χ0n) is 12.7. The number of benzene rings is 1. The van der Waals surface area contributed by atoms with E-state index >= 15 is 0 Å². The normalized spacial score (nSPS) is 18.1. The van der Waals surface area contributed by atoms with Gasteiger partial charge in [0.2, 0.25) is 0 Å². The Morgan fingerprint density at radius 1 is 1.00 bits per heavy atom. The summed E-state index contributed by atoms with van der Waals surface area (Å²) < 4.78 is 0. The monoisotopic (exact) mass is 312 g/mol. The van der Waals surface area contributed by atoms with Crippen molar-refractivity contribution in [3.05, 3.63) is 41.2 Å². The molecule has 22 heavy (non-hydrogen) atoms. The van der Waals surface area contributed by atoms with Crippen LogP contribution < -0.4 is 0 Å². The van der Waals surface area contributed by atoms with E-state index in [-0.39, 0.29) is 0 Å². The minimum Gasteiger partial charge on any atom is -0.509 e. The lowest BCUT2D eigenvalue weighted by Crippen LogP contribution is -2.46. The van der Waals surface area contributed by atoms with Gasteiger partial charge in [0.25, 0.3) is 0 Å². The Morgan fingerprint density at radius 3 is 2.00 bits per heavy atom. The van der Waals surface area contributed by atoms with E-state index in [0.29, 0.717) is 11.5 Å². The van der Waals surface area contributed by atoms with Crippen LogP contribution in [0.3, 0.4) is 0 Å². The zero-order valence-corrected chi connectivity index (χ0v) is 12.7. The molecule has 1 aromatic carbocycles. The molecule has 0 spiro atoms. The number of aliphatic hydroxyl groups excluding tert-OH is 6. The third-order valence-corrected chi connectivity index (χ3v) is 3.48. The summed E-state index contributed by atoms with van der Waals surface area (Å²) >= 11 is 0. The molecule has 0 fully saturated rings. The van der Waals surface area contributed by atoms with Crippen molar-refractivity contribution >= 4 is 6.08 Å². The van der Waals surface area contributed by atoms with Crippen molar-refractivity contribution in [3.63, 3.8) is 0 Å². The van der Waals surface area contributed by atoms with Crippen molar-refractivity contribution < 1.29 is 30.6 Å². The van der Waals surface area contributed by atoms with Crippen LogP contribution in [0.5, 0.6) is 0 Å². The fraction of sp³-hybridized carbons (Fsp3) is 0.500. The van der Waals surface area contributed by atoms with Crippen molar-refractivity contribution in [2.45, 2.75) is 44.2 Å². The fourth-order valence-electron chi connectivity index (χ4n) is 1.93. The van der Waals surface area contributed by atoms with Crippen LogP contribution in [0.15, 0.2) is 30.0 Å². The molecule has 0 aromatic heterocycles. The van der Waals surface area contributed by atoms with Crippen molar-refractivity contribution in [2.75, 3.05) is 6.61 Å². The average Bonchev–Trinajstić information content (AvgIpc) is 2.52. The van der Waals surface area contributed by atoms with E-state index < -0.39 is 36.8 Å². The van der Waals surface area contributed by atoms with Crippen LogP contribution in [0.4, 0.5) is 0 Å². The van der Waals surface area contributed by atoms with Crippen molar-refractivity contribution in [1.29, 1.82) is 0 Å². The molecule has 4 atom stereocenters. The topological polar surface area (TPSA) is 121 Å². The van der Waals surface area contributed by atoms with E-state index in [1.807, 2.05) is 12.1 Å². The highest BCUT2D eigenvalue weighted by molar-refractivity contribution is 5.52. The van der Waals surface area contributed by atoms with E-state index in [1.54, 1.807) is 12.1 Å². The van der Waals surface area contributed by atoms with Crippen LogP contribution in [0.1, 0.15) is 30.9 Å². The van der Waals surface area contributed by atoms with Gasteiger partial charge in [-0.1, -0.05) is 38.1 Å². The molecule has 124 valence electrons. The van der Waals surface area contributed by atoms with Gasteiger partial charge in [-0.2, -0.15) is 0 Å². The van der Waals surface area contributed by atoms with Gasteiger partial charge < -0.3 is 30.6 Å². The average molecular weight is 312 g/mol. The van der Waals surface area contributed by atoms with Crippen LogP contribution in [0.2, 0.25) is 0 Å². The first-order chi connectivity index (χ1) is 10.3. The fourth-order valence-corrected chi connectivity index (χ4v) is 1.93. The Labute approximate surface area is 129 Å². The number of hydrogen-bond acceptors (Lipinski definition) is 6. The maximum Gasteiger partial charge on any atom is 0.139 e. The van der Waals surface area contributed by atoms with Gasteiger partial charge in [-0.3, -0.25) is 0 Å². The van der Waals surface area contributed by atoms with Crippen LogP contribution in [0.25, 0.3) is 6.08 Å². The van der Waals surface area contributed by atoms with Gasteiger partial charge in [-0.25, -0.2) is 0 Å². The van der Waals surface area contributed by atoms with Crippen LogP contribution in [-0.2, 0) is 0 Å². The summed E-state index contributed by atoms with van der Waals surface area (Å²) in [6, 6.07) is 7.28. The summed E-state index contributed by atoms with van der Waals surface area (Å²) in [4.78, 5) is 0. The van der Waals surface area contributed by atoms with Crippen molar-refractivity contribution in [3.8, 4) is 0 Å². The highest BCUT2D eigenvalue weighted by atomic mass is 16.4. The quantitative estimate of drug-likeness (QED) is 0.398. The van der Waals surface area contributed by atoms with E-state index in [9.17, 15) is 25.5 Å². The van der Waals surface area contributed by atoms with E-state index in [0.717, 1.165) is 5.56 Å². The minimum absolute atomic E-state index is 0.370. The van der Waals surface area contributed by atoms with Crippen LogP contribution in [-0.4, -0.2) is 61.7 Å². The molecule has 1 aromatic rings. The molecule has 0 radical (unpaired) electrons. The SMILES string of the molecule is CC(C)c1ccc(C=C(O)[C@H](O)[C@@H](O)[C@H](O)[C@H](O)CO)cc1. The summed E-state index contributed by atoms with van der Waals surface area (Å²) in [5, 5.41) is 56.7. The first-order valence-electron chi connectivity index (χ1n) is 7.11. The maximum atomic E-state index is 9.82. The molecule has 0 aliphatic rings. The minimum atomic E-state index is -1.83. The second-order valence-electron chi connectivity index (χ2n) is 5.57. The predicted octanol–water partition coefficient (Wildman–Crippen LogP) is 0.145. The van der Waals surface area contributed by atoms with Gasteiger partial charge in [-0.15, -0.1) is 0 Å². The van der Waals surface area contributed by atoms with Gasteiger partial charge in [-0.05, 0) is 23.1 Å². The molecule has 0 saturated carbocycles. The van der Waals surface area contributed by atoms with Crippen LogP contribution in [0, 0.1) is 0 Å². The lowest BCUT2D eigenvalue weighted by Gasteiger charge is -2.25. The summed E-state index contributed by atoms with van der Waals surface area (Å²) in [5.41, 5.74) is 1.74. The van der Waals surface area contributed by atoms with Crippen LogP contribution >= 0.6 is 0 Å². The Balaban J connectivity index is 2.82. The Kier molecular flexibility index (Phi) is 6.99. The smallest absolute Gasteiger partial charge is 0.139 e. The van der Waals surface area contributed by atoms with Crippen molar-refractivity contribution in [1.82, 2.24) is 0 Å². The lowest BCUT2D eigenvalue weighted by atomic mass is 9.99. The Hall–Kier alpha value is -1.44. The standard InChI is InChI=1S/C16H24O6/c1-9(2)11-5-3-10(4-6-11)7-12(18)14(20)16(22)15(21)13(19)8-17/h3-7,9,13-22H,8H2,1-2H3/t13-,14+,15-,16-/m1/s1.